The van der Waals surface area contributed by atoms with Gasteiger partial charge in [0.1, 0.15) is 0 Å². The van der Waals surface area contributed by atoms with Crippen molar-refractivity contribution < 1.29 is 13.2 Å². The zero-order chi connectivity index (χ0) is 21.5. The predicted octanol–water partition coefficient (Wildman–Crippen LogP) is 3.35. The fourth-order valence-corrected chi connectivity index (χ4v) is 5.85. The first-order valence-corrected chi connectivity index (χ1v) is 12.5. The summed E-state index contributed by atoms with van der Waals surface area (Å²) in [5.74, 6) is 0.739. The third-order valence-corrected chi connectivity index (χ3v) is 8.31. The Morgan fingerprint density at radius 3 is 2.52 bits per heavy atom. The molecule has 1 aliphatic carbocycles. The van der Waals surface area contributed by atoms with Gasteiger partial charge in [-0.25, -0.2) is 8.42 Å². The summed E-state index contributed by atoms with van der Waals surface area (Å²) in [5, 5.41) is 6.76. The van der Waals surface area contributed by atoms with E-state index in [1.807, 2.05) is 12.1 Å². The van der Waals surface area contributed by atoms with E-state index in [-0.39, 0.29) is 24.0 Å². The molecule has 3 rings (SSSR count). The number of piperidine rings is 1. The molecular formula is C22H37IN4O3S. The molecule has 0 radical (unpaired) electrons. The summed E-state index contributed by atoms with van der Waals surface area (Å²) in [7, 11) is 0.0939. The molecule has 0 amide bonds. The van der Waals surface area contributed by atoms with Crippen molar-refractivity contribution in [2.75, 3.05) is 40.4 Å². The van der Waals surface area contributed by atoms with Gasteiger partial charge in [-0.3, -0.25) is 4.99 Å². The second kappa shape index (κ2) is 12.4. The number of hydrogen-bond donors (Lipinski definition) is 2. The fourth-order valence-electron chi connectivity index (χ4n) is 4.26. The number of halogens is 1. The summed E-state index contributed by atoms with van der Waals surface area (Å²) in [6.07, 6.45) is 7.75. The quantitative estimate of drug-likeness (QED) is 0.273. The van der Waals surface area contributed by atoms with E-state index in [4.69, 9.17) is 4.74 Å². The Kier molecular flexibility index (Phi) is 10.5. The number of guanidine groups is 1. The molecule has 1 aliphatic heterocycles. The number of nitrogens with one attached hydrogen (secondary N) is 2. The molecule has 176 valence electrons. The molecule has 1 saturated carbocycles. The van der Waals surface area contributed by atoms with Crippen LogP contribution in [-0.2, 0) is 21.3 Å². The average molecular weight is 565 g/mol. The maximum Gasteiger partial charge on any atom is 0.243 e. The minimum absolute atomic E-state index is 0. The summed E-state index contributed by atoms with van der Waals surface area (Å²) < 4.78 is 32.7. The standard InChI is InChI=1S/C22H36N4O3S.HI/c1-23-21(25-18-22(10-7-11-22)12-15-29-2)24-17-19-8-6-9-20(16-19)30(27,28)26-13-4-3-5-14-26;/h6,8-9,16H,3-5,7,10-15,17-18H2,1-2H3,(H2,23,24,25);1H. The summed E-state index contributed by atoms with van der Waals surface area (Å²) in [6, 6.07) is 7.23. The van der Waals surface area contributed by atoms with Crippen molar-refractivity contribution in [2.45, 2.75) is 56.4 Å². The van der Waals surface area contributed by atoms with Crippen LogP contribution in [0.4, 0.5) is 0 Å². The number of hydrogen-bond acceptors (Lipinski definition) is 4. The minimum atomic E-state index is -3.42. The van der Waals surface area contributed by atoms with E-state index in [1.165, 1.54) is 19.3 Å². The molecular weight excluding hydrogens is 527 g/mol. The van der Waals surface area contributed by atoms with Gasteiger partial charge in [-0.05, 0) is 55.2 Å². The van der Waals surface area contributed by atoms with Crippen LogP contribution in [-0.4, -0.2) is 59.1 Å². The predicted molar refractivity (Wildman–Crippen MR) is 135 cm³/mol. The van der Waals surface area contributed by atoms with Crippen LogP contribution in [0.25, 0.3) is 0 Å². The number of rotatable bonds is 9. The highest BCUT2D eigenvalue weighted by Gasteiger charge is 2.36. The van der Waals surface area contributed by atoms with E-state index in [0.717, 1.165) is 50.4 Å². The third-order valence-electron chi connectivity index (χ3n) is 6.42. The van der Waals surface area contributed by atoms with E-state index in [9.17, 15) is 8.42 Å². The number of sulfonamides is 1. The van der Waals surface area contributed by atoms with Crippen molar-refractivity contribution in [3.8, 4) is 0 Å². The highest BCUT2D eigenvalue weighted by molar-refractivity contribution is 14.0. The smallest absolute Gasteiger partial charge is 0.243 e. The van der Waals surface area contributed by atoms with Gasteiger partial charge in [0.05, 0.1) is 4.90 Å². The van der Waals surface area contributed by atoms with Gasteiger partial charge in [0.25, 0.3) is 0 Å². The third kappa shape index (κ3) is 7.03. The lowest BCUT2D eigenvalue weighted by atomic mass is 9.67. The van der Waals surface area contributed by atoms with Crippen LogP contribution in [0.1, 0.15) is 50.5 Å². The number of aliphatic imine (C=N–C) groups is 1. The molecule has 7 nitrogen and oxygen atoms in total. The van der Waals surface area contributed by atoms with Crippen LogP contribution in [0.5, 0.6) is 0 Å². The van der Waals surface area contributed by atoms with Crippen LogP contribution in [0.15, 0.2) is 34.2 Å². The number of nitrogens with zero attached hydrogens (tertiary/aromatic N) is 2. The summed E-state index contributed by atoms with van der Waals surface area (Å²) in [4.78, 5) is 4.70. The Bertz CT molecular complexity index is 822. The van der Waals surface area contributed by atoms with Crippen molar-refractivity contribution >= 4 is 40.0 Å². The van der Waals surface area contributed by atoms with Gasteiger partial charge in [-0.1, -0.05) is 25.0 Å². The van der Waals surface area contributed by atoms with Crippen LogP contribution in [0.3, 0.4) is 0 Å². The maximum absolute atomic E-state index is 12.9. The molecule has 2 N–H and O–H groups in total. The maximum atomic E-state index is 12.9. The van der Waals surface area contributed by atoms with Gasteiger partial charge < -0.3 is 15.4 Å². The van der Waals surface area contributed by atoms with Crippen molar-refractivity contribution in [1.29, 1.82) is 0 Å². The fraction of sp³-hybridized carbons (Fsp3) is 0.682. The molecule has 31 heavy (non-hydrogen) atoms. The first kappa shape index (κ1) is 26.3. The molecule has 2 aliphatic rings. The highest BCUT2D eigenvalue weighted by atomic mass is 127. The zero-order valence-corrected chi connectivity index (χ0v) is 21.9. The molecule has 0 spiro atoms. The van der Waals surface area contributed by atoms with Crippen molar-refractivity contribution in [3.63, 3.8) is 0 Å². The van der Waals surface area contributed by atoms with E-state index in [2.05, 4.69) is 15.6 Å². The summed E-state index contributed by atoms with van der Waals surface area (Å²) in [5.41, 5.74) is 1.23. The van der Waals surface area contributed by atoms with Gasteiger partial charge in [0.15, 0.2) is 5.96 Å². The Labute approximate surface area is 204 Å². The number of ether oxygens (including phenoxy) is 1. The molecule has 0 atom stereocenters. The molecule has 0 aromatic heterocycles. The first-order chi connectivity index (χ1) is 14.5. The lowest BCUT2D eigenvalue weighted by molar-refractivity contribution is 0.0732. The Morgan fingerprint density at radius 2 is 1.90 bits per heavy atom. The SMILES string of the molecule is CN=C(NCc1cccc(S(=O)(=O)N2CCCCC2)c1)NCC1(CCOC)CCC1.I. The molecule has 1 aromatic carbocycles. The Morgan fingerprint density at radius 1 is 1.16 bits per heavy atom. The molecule has 0 unspecified atom stereocenters. The molecule has 1 aromatic rings. The van der Waals surface area contributed by atoms with Crippen molar-refractivity contribution in [2.24, 2.45) is 10.4 Å². The summed E-state index contributed by atoms with van der Waals surface area (Å²) in [6.45, 7) is 3.41. The lowest BCUT2D eigenvalue weighted by Crippen LogP contribution is -2.46. The van der Waals surface area contributed by atoms with Gasteiger partial charge in [0.2, 0.25) is 10.0 Å². The largest absolute Gasteiger partial charge is 0.385 e. The van der Waals surface area contributed by atoms with E-state index in [0.29, 0.717) is 29.9 Å². The van der Waals surface area contributed by atoms with Crippen molar-refractivity contribution in [1.82, 2.24) is 14.9 Å². The molecule has 0 bridgehead atoms. The van der Waals surface area contributed by atoms with Gasteiger partial charge in [0, 0.05) is 46.9 Å². The number of methoxy groups -OCH3 is 1. The molecule has 1 heterocycles. The van der Waals surface area contributed by atoms with Crippen LogP contribution in [0.2, 0.25) is 0 Å². The second-order valence-electron chi connectivity index (χ2n) is 8.49. The average Bonchev–Trinajstić information content (AvgIpc) is 2.75. The normalized spacial score (nSPS) is 19.2. The van der Waals surface area contributed by atoms with E-state index < -0.39 is 10.0 Å². The highest BCUT2D eigenvalue weighted by Crippen LogP contribution is 2.43. The van der Waals surface area contributed by atoms with Crippen LogP contribution in [0, 0.1) is 5.41 Å². The van der Waals surface area contributed by atoms with Crippen LogP contribution < -0.4 is 10.6 Å². The first-order valence-electron chi connectivity index (χ1n) is 11.0. The van der Waals surface area contributed by atoms with Crippen molar-refractivity contribution in [3.05, 3.63) is 29.8 Å². The summed E-state index contributed by atoms with van der Waals surface area (Å²) >= 11 is 0. The monoisotopic (exact) mass is 564 g/mol. The van der Waals surface area contributed by atoms with Gasteiger partial charge >= 0.3 is 0 Å². The molecule has 9 heteroatoms. The lowest BCUT2D eigenvalue weighted by Gasteiger charge is -2.42. The zero-order valence-electron chi connectivity index (χ0n) is 18.7. The van der Waals surface area contributed by atoms with Gasteiger partial charge in [-0.2, -0.15) is 4.31 Å². The molecule has 2 fully saturated rings. The van der Waals surface area contributed by atoms with Crippen LogP contribution >= 0.6 is 24.0 Å². The Hall–Kier alpha value is -0.910. The topological polar surface area (TPSA) is 83.0 Å². The van der Waals surface area contributed by atoms with Gasteiger partial charge in [-0.15, -0.1) is 24.0 Å². The minimum Gasteiger partial charge on any atom is -0.385 e. The Balaban J connectivity index is 0.00000341. The number of benzene rings is 1. The van der Waals surface area contributed by atoms with E-state index >= 15 is 0 Å². The van der Waals surface area contributed by atoms with E-state index in [1.54, 1.807) is 30.6 Å². The second-order valence-corrected chi connectivity index (χ2v) is 10.4. The molecule has 1 saturated heterocycles.